The minimum atomic E-state index is 0.516. The van der Waals surface area contributed by atoms with E-state index in [1.165, 1.54) is 212 Å². The molecule has 0 aliphatic carbocycles. The number of rotatable bonds is 39. The van der Waals surface area contributed by atoms with Crippen LogP contribution in [0.25, 0.3) is 0 Å². The van der Waals surface area contributed by atoms with Crippen LogP contribution in [0.15, 0.2) is 0 Å². The molecule has 0 atom stereocenters. The summed E-state index contributed by atoms with van der Waals surface area (Å²) >= 11 is 0. The van der Waals surface area contributed by atoms with Gasteiger partial charge in [0.05, 0.1) is 0 Å². The Kier molecular flexibility index (Phi) is 37.8. The van der Waals surface area contributed by atoms with Gasteiger partial charge in [0, 0.05) is 12.8 Å². The number of carbonyl (C=O) groups is 1. The molecule has 0 bridgehead atoms. The van der Waals surface area contributed by atoms with Crippen molar-refractivity contribution in [2.24, 2.45) is 5.92 Å². The first-order valence-electron chi connectivity index (χ1n) is 21.3. The van der Waals surface area contributed by atoms with Gasteiger partial charge in [-0.3, -0.25) is 4.79 Å². The molecular formula is C43H87NO. The molecule has 0 aromatic carbocycles. The van der Waals surface area contributed by atoms with Gasteiger partial charge in [-0.25, -0.2) is 0 Å². The number of hydrogen-bond donors (Lipinski definition) is 0. The quantitative estimate of drug-likeness (QED) is 0.0628. The smallest absolute Gasteiger partial charge is 0.132 e. The molecule has 2 heteroatoms. The average Bonchev–Trinajstić information content (AvgIpc) is 3.04. The van der Waals surface area contributed by atoms with Crippen LogP contribution in [0.2, 0.25) is 0 Å². The molecular weight excluding hydrogens is 546 g/mol. The molecule has 0 aromatic heterocycles. The average molecular weight is 634 g/mol. The van der Waals surface area contributed by atoms with Gasteiger partial charge in [0.15, 0.2) is 0 Å². The fourth-order valence-electron chi connectivity index (χ4n) is 7.13. The molecule has 0 N–H and O–H groups in total. The number of carbonyl (C=O) groups excluding carboxylic acids is 1. The summed E-state index contributed by atoms with van der Waals surface area (Å²) in [6.07, 6.45) is 47.5. The third-order valence-corrected chi connectivity index (χ3v) is 10.4. The van der Waals surface area contributed by atoms with Crippen LogP contribution in [0.4, 0.5) is 0 Å². The number of hydrogen-bond acceptors (Lipinski definition) is 2. The van der Waals surface area contributed by atoms with Crippen molar-refractivity contribution >= 4 is 5.78 Å². The minimum absolute atomic E-state index is 0.516. The molecule has 0 unspecified atom stereocenters. The molecule has 0 aliphatic heterocycles. The van der Waals surface area contributed by atoms with Crippen LogP contribution in [0, 0.1) is 5.92 Å². The summed E-state index contributed by atoms with van der Waals surface area (Å²) in [4.78, 5) is 14.7. The van der Waals surface area contributed by atoms with Crippen LogP contribution in [0.1, 0.15) is 245 Å². The van der Waals surface area contributed by atoms with E-state index in [-0.39, 0.29) is 0 Å². The van der Waals surface area contributed by atoms with Gasteiger partial charge in [-0.05, 0) is 51.7 Å². The second-order valence-corrected chi connectivity index (χ2v) is 15.1. The summed E-state index contributed by atoms with van der Waals surface area (Å²) in [6.45, 7) is 9.44. The molecule has 0 aromatic rings. The standard InChI is InChI=1S/C43H87NO/c1-5-8-11-14-17-18-24-31-38-43(45)39-32-25-20-27-34-41-44(4)40-33-26-19-23-30-37-42(35-28-21-15-12-9-6-2)36-29-22-16-13-10-7-3/h42H,5-41H2,1-4H3. The number of nitrogens with zero attached hydrogens (tertiary/aromatic N) is 1. The Hall–Kier alpha value is -0.370. The lowest BCUT2D eigenvalue weighted by Crippen LogP contribution is -2.20. The first kappa shape index (κ1) is 44.6. The molecule has 0 radical (unpaired) electrons. The highest BCUT2D eigenvalue weighted by Gasteiger charge is 2.09. The third kappa shape index (κ3) is 36.3. The van der Waals surface area contributed by atoms with Crippen molar-refractivity contribution in [3.63, 3.8) is 0 Å². The normalized spacial score (nSPS) is 11.8. The summed E-state index contributed by atoms with van der Waals surface area (Å²) < 4.78 is 0. The van der Waals surface area contributed by atoms with Crippen LogP contribution in [0.5, 0.6) is 0 Å². The Morgan fingerprint density at radius 3 is 0.978 bits per heavy atom. The molecule has 0 saturated carbocycles. The van der Waals surface area contributed by atoms with Gasteiger partial charge in [-0.2, -0.15) is 0 Å². The van der Waals surface area contributed by atoms with Gasteiger partial charge in [0.2, 0.25) is 0 Å². The van der Waals surface area contributed by atoms with Gasteiger partial charge in [-0.1, -0.05) is 207 Å². The van der Waals surface area contributed by atoms with E-state index in [2.05, 4.69) is 32.7 Å². The van der Waals surface area contributed by atoms with E-state index < -0.39 is 0 Å². The topological polar surface area (TPSA) is 20.3 Å². The highest BCUT2D eigenvalue weighted by Crippen LogP contribution is 2.25. The van der Waals surface area contributed by atoms with E-state index in [0.29, 0.717) is 5.78 Å². The minimum Gasteiger partial charge on any atom is -0.306 e. The van der Waals surface area contributed by atoms with Crippen LogP contribution >= 0.6 is 0 Å². The van der Waals surface area contributed by atoms with Crippen molar-refractivity contribution in [2.45, 2.75) is 245 Å². The Labute approximate surface area is 286 Å². The number of ketones is 1. The van der Waals surface area contributed by atoms with Crippen molar-refractivity contribution in [3.8, 4) is 0 Å². The van der Waals surface area contributed by atoms with E-state index in [0.717, 1.165) is 31.6 Å². The van der Waals surface area contributed by atoms with Crippen molar-refractivity contribution in [1.29, 1.82) is 0 Å². The molecule has 0 rings (SSSR count). The van der Waals surface area contributed by atoms with Crippen LogP contribution < -0.4 is 0 Å². The molecule has 0 saturated heterocycles. The fraction of sp³-hybridized carbons (Fsp3) is 0.977. The molecule has 0 aliphatic rings. The van der Waals surface area contributed by atoms with E-state index in [4.69, 9.17) is 0 Å². The second kappa shape index (κ2) is 38.1. The Morgan fingerprint density at radius 2 is 0.644 bits per heavy atom. The van der Waals surface area contributed by atoms with E-state index in [1.807, 2.05) is 0 Å². The predicted molar refractivity (Wildman–Crippen MR) is 205 cm³/mol. The summed E-state index contributed by atoms with van der Waals surface area (Å²) in [6, 6.07) is 0. The Morgan fingerprint density at radius 1 is 0.378 bits per heavy atom. The summed E-state index contributed by atoms with van der Waals surface area (Å²) in [5, 5.41) is 0. The molecule has 0 heterocycles. The largest absolute Gasteiger partial charge is 0.306 e. The lowest BCUT2D eigenvalue weighted by Gasteiger charge is -2.18. The Balaban J connectivity index is 3.68. The molecule has 2 nitrogen and oxygen atoms in total. The molecule has 270 valence electrons. The zero-order valence-corrected chi connectivity index (χ0v) is 32.1. The molecule has 0 spiro atoms. The van der Waals surface area contributed by atoms with Crippen molar-refractivity contribution in [1.82, 2.24) is 4.90 Å². The lowest BCUT2D eigenvalue weighted by molar-refractivity contribution is -0.119. The zero-order chi connectivity index (χ0) is 32.9. The van der Waals surface area contributed by atoms with Gasteiger partial charge in [0.25, 0.3) is 0 Å². The van der Waals surface area contributed by atoms with Crippen molar-refractivity contribution < 1.29 is 4.79 Å². The number of Topliss-reactive ketones (excluding diaryl/α,β-unsaturated/α-hetero) is 1. The van der Waals surface area contributed by atoms with Crippen molar-refractivity contribution in [3.05, 3.63) is 0 Å². The number of unbranched alkanes of at least 4 members (excludes halogenated alkanes) is 25. The predicted octanol–water partition coefficient (Wildman–Crippen LogP) is 14.8. The molecule has 45 heavy (non-hydrogen) atoms. The zero-order valence-electron chi connectivity index (χ0n) is 32.1. The monoisotopic (exact) mass is 634 g/mol. The summed E-state index contributed by atoms with van der Waals surface area (Å²) in [5.41, 5.74) is 0. The lowest BCUT2D eigenvalue weighted by atomic mass is 9.89. The first-order valence-corrected chi connectivity index (χ1v) is 21.3. The van der Waals surface area contributed by atoms with Crippen LogP contribution in [-0.4, -0.2) is 30.8 Å². The fourth-order valence-corrected chi connectivity index (χ4v) is 7.13. The van der Waals surface area contributed by atoms with Crippen LogP contribution in [-0.2, 0) is 4.79 Å². The van der Waals surface area contributed by atoms with Gasteiger partial charge in [0.1, 0.15) is 5.78 Å². The maximum Gasteiger partial charge on any atom is 0.132 e. The van der Waals surface area contributed by atoms with Gasteiger partial charge in [-0.15, -0.1) is 0 Å². The van der Waals surface area contributed by atoms with E-state index in [9.17, 15) is 4.79 Å². The maximum atomic E-state index is 12.2. The molecule has 0 amide bonds. The highest BCUT2D eigenvalue weighted by atomic mass is 16.1. The van der Waals surface area contributed by atoms with E-state index in [1.54, 1.807) is 0 Å². The Bertz CT molecular complexity index is 544. The highest BCUT2D eigenvalue weighted by molar-refractivity contribution is 5.78. The third-order valence-electron chi connectivity index (χ3n) is 10.4. The second-order valence-electron chi connectivity index (χ2n) is 15.1. The van der Waals surface area contributed by atoms with Gasteiger partial charge < -0.3 is 4.90 Å². The first-order chi connectivity index (χ1) is 22.1. The summed E-state index contributed by atoms with van der Waals surface area (Å²) in [5.74, 6) is 1.52. The van der Waals surface area contributed by atoms with E-state index >= 15 is 0 Å². The van der Waals surface area contributed by atoms with Crippen LogP contribution in [0.3, 0.4) is 0 Å². The SMILES string of the molecule is CCCCCCCCCCC(=O)CCCCCCCN(C)CCCCCCCC(CCCCCCCC)CCCCCCCC. The van der Waals surface area contributed by atoms with Crippen molar-refractivity contribution in [2.75, 3.05) is 20.1 Å². The summed E-state index contributed by atoms with van der Waals surface area (Å²) in [7, 11) is 2.32. The van der Waals surface area contributed by atoms with Gasteiger partial charge >= 0.3 is 0 Å². The maximum absolute atomic E-state index is 12.2. The molecule has 0 fully saturated rings.